The summed E-state index contributed by atoms with van der Waals surface area (Å²) in [6, 6.07) is 14.8. The van der Waals surface area contributed by atoms with E-state index < -0.39 is 0 Å². The molecule has 3 heterocycles. The van der Waals surface area contributed by atoms with Crippen LogP contribution >= 0.6 is 0 Å². The van der Waals surface area contributed by atoms with Crippen LogP contribution in [0.2, 0.25) is 0 Å². The van der Waals surface area contributed by atoms with E-state index in [1.807, 2.05) is 47.4 Å². The molecule has 2 fully saturated rings. The van der Waals surface area contributed by atoms with Crippen molar-refractivity contribution in [2.45, 2.75) is 76.5 Å². The molecule has 5 rings (SSSR count). The van der Waals surface area contributed by atoms with E-state index >= 15 is 0 Å². The van der Waals surface area contributed by atoms with Crippen molar-refractivity contribution >= 4 is 11.6 Å². The zero-order chi connectivity index (χ0) is 24.2. The second-order valence-electron chi connectivity index (χ2n) is 10.1. The number of piperidine rings is 1. The van der Waals surface area contributed by atoms with Crippen molar-refractivity contribution < 1.29 is 18.7 Å². The van der Waals surface area contributed by atoms with E-state index in [1.165, 1.54) is 12.8 Å². The van der Waals surface area contributed by atoms with Crippen molar-refractivity contribution in [3.8, 4) is 11.5 Å². The first kappa shape index (κ1) is 24.1. The number of fused-ring (bicyclic) bond motifs is 3. The Morgan fingerprint density at radius 3 is 2.46 bits per heavy atom. The van der Waals surface area contributed by atoms with Crippen LogP contribution < -0.4 is 14.4 Å². The highest BCUT2D eigenvalue weighted by Gasteiger charge is 2.41. The van der Waals surface area contributed by atoms with E-state index in [-0.39, 0.29) is 18.7 Å². The maximum atomic E-state index is 13.2. The SMILES string of the molecule is CCCCOc1ccc2c(c1)CCN(c1ccc(O[C@@H]3C[C@H]4CC[C@@H](C3)N4CCCF)cc1)C2=O. The van der Waals surface area contributed by atoms with Crippen LogP contribution in [0.25, 0.3) is 0 Å². The van der Waals surface area contributed by atoms with Gasteiger partial charge in [-0.2, -0.15) is 0 Å². The predicted octanol–water partition coefficient (Wildman–Crippen LogP) is 5.80. The van der Waals surface area contributed by atoms with Crippen LogP contribution in [0, 0.1) is 0 Å². The van der Waals surface area contributed by atoms with Gasteiger partial charge in [0.05, 0.1) is 13.3 Å². The first-order chi connectivity index (χ1) is 17.2. The minimum absolute atomic E-state index is 0.0391. The number of nitrogens with zero attached hydrogens (tertiary/aromatic N) is 2. The molecule has 1 amide bonds. The molecule has 0 radical (unpaired) electrons. The molecule has 0 aromatic heterocycles. The summed E-state index contributed by atoms with van der Waals surface area (Å²) in [6.45, 7) is 4.15. The molecule has 2 saturated heterocycles. The standard InChI is InChI=1S/C29H37FN2O3/c1-2-3-17-34-26-11-12-28-21(18-26)13-16-32(29(28)33)22-7-9-25(10-8-22)35-27-19-23-5-6-24(20-27)31(23)15-4-14-30/h7-12,18,23-24,27H,2-6,13-17,19-20H2,1H3/t23-,24+,27-. The monoisotopic (exact) mass is 480 g/mol. The van der Waals surface area contributed by atoms with E-state index in [2.05, 4.69) is 11.8 Å². The fourth-order valence-electron chi connectivity index (χ4n) is 5.96. The smallest absolute Gasteiger partial charge is 0.258 e. The summed E-state index contributed by atoms with van der Waals surface area (Å²) in [5.74, 6) is 1.74. The van der Waals surface area contributed by atoms with Gasteiger partial charge in [0.1, 0.15) is 17.6 Å². The lowest BCUT2D eigenvalue weighted by Crippen LogP contribution is -2.46. The van der Waals surface area contributed by atoms with E-state index in [0.29, 0.717) is 31.7 Å². The number of rotatable bonds is 10. The summed E-state index contributed by atoms with van der Waals surface area (Å²) in [7, 11) is 0. The highest BCUT2D eigenvalue weighted by atomic mass is 19.1. The molecule has 3 atom stereocenters. The number of unbranched alkanes of at least 4 members (excludes halogenated alkanes) is 1. The lowest BCUT2D eigenvalue weighted by atomic mass is 9.98. The summed E-state index contributed by atoms with van der Waals surface area (Å²) in [4.78, 5) is 17.6. The molecule has 0 unspecified atom stereocenters. The molecule has 6 heteroatoms. The van der Waals surface area contributed by atoms with Gasteiger partial charge in [-0.1, -0.05) is 13.3 Å². The molecule has 0 aliphatic carbocycles. The Morgan fingerprint density at radius 2 is 1.74 bits per heavy atom. The topological polar surface area (TPSA) is 42.0 Å². The van der Waals surface area contributed by atoms with Gasteiger partial charge in [-0.15, -0.1) is 0 Å². The van der Waals surface area contributed by atoms with Crippen molar-refractivity contribution in [1.29, 1.82) is 0 Å². The number of amides is 1. The summed E-state index contributed by atoms with van der Waals surface area (Å²) < 4.78 is 24.8. The quantitative estimate of drug-likeness (QED) is 0.403. The second-order valence-corrected chi connectivity index (χ2v) is 10.1. The Bertz CT molecular complexity index is 997. The number of halogens is 1. The summed E-state index contributed by atoms with van der Waals surface area (Å²) in [5.41, 5.74) is 2.72. The molecule has 0 spiro atoms. The number of hydrogen-bond acceptors (Lipinski definition) is 4. The fourth-order valence-corrected chi connectivity index (χ4v) is 5.96. The molecule has 5 nitrogen and oxygen atoms in total. The minimum Gasteiger partial charge on any atom is -0.494 e. The van der Waals surface area contributed by atoms with E-state index in [1.54, 1.807) is 0 Å². The molecule has 188 valence electrons. The van der Waals surface area contributed by atoms with Crippen molar-refractivity contribution in [1.82, 2.24) is 4.90 Å². The third kappa shape index (κ3) is 5.32. The third-order valence-corrected chi connectivity index (χ3v) is 7.77. The first-order valence-corrected chi connectivity index (χ1v) is 13.3. The number of carbonyl (C=O) groups excluding carboxylic acids is 1. The maximum Gasteiger partial charge on any atom is 0.258 e. The summed E-state index contributed by atoms with van der Waals surface area (Å²) in [6.07, 6.45) is 8.20. The van der Waals surface area contributed by atoms with Crippen molar-refractivity contribution in [2.24, 2.45) is 0 Å². The molecule has 0 N–H and O–H groups in total. The minimum atomic E-state index is -0.234. The zero-order valence-corrected chi connectivity index (χ0v) is 20.8. The summed E-state index contributed by atoms with van der Waals surface area (Å²) >= 11 is 0. The molecule has 3 aliphatic rings. The van der Waals surface area contributed by atoms with Crippen molar-refractivity contribution in [3.63, 3.8) is 0 Å². The Hall–Kier alpha value is -2.60. The van der Waals surface area contributed by atoms with Gasteiger partial charge < -0.3 is 14.4 Å². The van der Waals surface area contributed by atoms with Gasteiger partial charge in [0.15, 0.2) is 0 Å². The Labute approximate surface area is 208 Å². The molecule has 2 aromatic carbocycles. The van der Waals surface area contributed by atoms with Crippen LogP contribution in [0.5, 0.6) is 11.5 Å². The van der Waals surface area contributed by atoms with E-state index in [4.69, 9.17) is 9.47 Å². The fraction of sp³-hybridized carbons (Fsp3) is 0.552. The number of alkyl halides is 1. The van der Waals surface area contributed by atoms with Crippen LogP contribution in [0.1, 0.15) is 67.8 Å². The van der Waals surface area contributed by atoms with Gasteiger partial charge in [-0.05, 0) is 93.0 Å². The highest BCUT2D eigenvalue weighted by molar-refractivity contribution is 6.08. The van der Waals surface area contributed by atoms with Crippen LogP contribution in [0.15, 0.2) is 42.5 Å². The zero-order valence-electron chi connectivity index (χ0n) is 20.8. The first-order valence-electron chi connectivity index (χ1n) is 13.3. The largest absolute Gasteiger partial charge is 0.494 e. The Balaban J connectivity index is 1.19. The molecule has 0 saturated carbocycles. The molecule has 35 heavy (non-hydrogen) atoms. The van der Waals surface area contributed by atoms with Gasteiger partial charge in [0, 0.05) is 36.4 Å². The lowest BCUT2D eigenvalue weighted by Gasteiger charge is -2.38. The number of hydrogen-bond donors (Lipinski definition) is 0. The van der Waals surface area contributed by atoms with Gasteiger partial charge >= 0.3 is 0 Å². The van der Waals surface area contributed by atoms with Gasteiger partial charge in [-0.25, -0.2) is 0 Å². The average molecular weight is 481 g/mol. The van der Waals surface area contributed by atoms with Crippen molar-refractivity contribution in [2.75, 3.05) is 31.3 Å². The van der Waals surface area contributed by atoms with Gasteiger partial charge in [0.25, 0.3) is 5.91 Å². The van der Waals surface area contributed by atoms with Gasteiger partial charge in [-0.3, -0.25) is 14.1 Å². The second kappa shape index (κ2) is 11.0. The van der Waals surface area contributed by atoms with Crippen LogP contribution in [-0.2, 0) is 6.42 Å². The Kier molecular flexibility index (Phi) is 7.57. The number of benzene rings is 2. The third-order valence-electron chi connectivity index (χ3n) is 7.77. The predicted molar refractivity (Wildman–Crippen MR) is 136 cm³/mol. The number of carbonyl (C=O) groups is 1. The molecule has 2 bridgehead atoms. The average Bonchev–Trinajstić information content (AvgIpc) is 3.11. The highest BCUT2D eigenvalue weighted by Crippen LogP contribution is 2.37. The van der Waals surface area contributed by atoms with Gasteiger partial charge in [0.2, 0.25) is 0 Å². The van der Waals surface area contributed by atoms with Crippen LogP contribution in [-0.4, -0.2) is 55.4 Å². The van der Waals surface area contributed by atoms with E-state index in [0.717, 1.165) is 67.0 Å². The van der Waals surface area contributed by atoms with Crippen LogP contribution in [0.4, 0.5) is 10.1 Å². The molecule has 3 aliphatic heterocycles. The van der Waals surface area contributed by atoms with E-state index in [9.17, 15) is 9.18 Å². The molecular weight excluding hydrogens is 443 g/mol. The van der Waals surface area contributed by atoms with Crippen LogP contribution in [0.3, 0.4) is 0 Å². The molecule has 2 aromatic rings. The number of ether oxygens (including phenoxy) is 2. The number of anilines is 1. The lowest BCUT2D eigenvalue weighted by molar-refractivity contribution is 0.0478. The molecular formula is C29H37FN2O3. The van der Waals surface area contributed by atoms with Crippen molar-refractivity contribution in [3.05, 3.63) is 53.6 Å². The summed E-state index contributed by atoms with van der Waals surface area (Å²) in [5, 5.41) is 0. The Morgan fingerprint density at radius 1 is 1.00 bits per heavy atom. The normalized spacial score (nSPS) is 23.9. The maximum absolute atomic E-state index is 13.2.